The van der Waals surface area contributed by atoms with Crippen molar-refractivity contribution in [3.8, 4) is 11.5 Å². The molecule has 0 bridgehead atoms. The Morgan fingerprint density at radius 3 is 2.38 bits per heavy atom. The Kier molecular flexibility index (Phi) is 4.84. The number of anilines is 1. The molecule has 0 aliphatic rings. The van der Waals surface area contributed by atoms with E-state index in [1.165, 1.54) is 17.3 Å². The number of rotatable bonds is 6. The van der Waals surface area contributed by atoms with Gasteiger partial charge in [-0.15, -0.1) is 15.3 Å². The summed E-state index contributed by atoms with van der Waals surface area (Å²) in [4.78, 5) is 1.76. The van der Waals surface area contributed by atoms with E-state index in [0.717, 1.165) is 5.56 Å². The molecule has 7 nitrogen and oxygen atoms in total. The van der Waals surface area contributed by atoms with Gasteiger partial charge in [0.15, 0.2) is 0 Å². The van der Waals surface area contributed by atoms with Crippen LogP contribution in [0, 0.1) is 0 Å². The van der Waals surface area contributed by atoms with Crippen molar-refractivity contribution >= 4 is 17.8 Å². The van der Waals surface area contributed by atoms with E-state index in [9.17, 15) is 0 Å². The summed E-state index contributed by atoms with van der Waals surface area (Å²) in [6.07, 6.45) is 0. The second-order valence-electron chi connectivity index (χ2n) is 5.81. The molecule has 0 aliphatic carbocycles. The molecule has 8 heteroatoms. The van der Waals surface area contributed by atoms with Crippen LogP contribution in [-0.4, -0.2) is 34.5 Å². The zero-order valence-electron chi connectivity index (χ0n) is 14.1. The fourth-order valence-electron chi connectivity index (χ4n) is 2.00. The summed E-state index contributed by atoms with van der Waals surface area (Å²) in [6.45, 7) is 4.32. The lowest BCUT2D eigenvalue weighted by molar-refractivity contribution is 0.464. The predicted molar refractivity (Wildman–Crippen MR) is 92.0 cm³/mol. The van der Waals surface area contributed by atoms with Gasteiger partial charge in [0.2, 0.25) is 11.8 Å². The van der Waals surface area contributed by atoms with Crippen LogP contribution >= 0.6 is 11.8 Å². The summed E-state index contributed by atoms with van der Waals surface area (Å²) in [6, 6.07) is 8.63. The van der Waals surface area contributed by atoms with Crippen LogP contribution in [-0.2, 0) is 5.75 Å². The van der Waals surface area contributed by atoms with E-state index in [4.69, 9.17) is 8.83 Å². The van der Waals surface area contributed by atoms with Gasteiger partial charge in [0, 0.05) is 19.7 Å². The topological polar surface area (TPSA) is 81.1 Å². The molecule has 0 unspecified atom stereocenters. The molecular formula is C16H19N5O2S. The Labute approximate surface area is 144 Å². The van der Waals surface area contributed by atoms with Gasteiger partial charge in [-0.25, -0.2) is 0 Å². The summed E-state index contributed by atoms with van der Waals surface area (Å²) in [7, 11) is 3.69. The van der Waals surface area contributed by atoms with Crippen molar-refractivity contribution in [1.82, 2.24) is 20.4 Å². The van der Waals surface area contributed by atoms with Crippen molar-refractivity contribution in [2.75, 3.05) is 19.0 Å². The van der Waals surface area contributed by atoms with Crippen molar-refractivity contribution in [1.29, 1.82) is 0 Å². The van der Waals surface area contributed by atoms with Crippen molar-refractivity contribution < 1.29 is 8.83 Å². The number of thioether (sulfide) groups is 1. The highest BCUT2D eigenvalue weighted by Gasteiger charge is 2.13. The van der Waals surface area contributed by atoms with E-state index in [2.05, 4.69) is 46.4 Å². The zero-order valence-corrected chi connectivity index (χ0v) is 14.9. The number of aromatic nitrogens is 4. The predicted octanol–water partition coefficient (Wildman–Crippen LogP) is 3.60. The van der Waals surface area contributed by atoms with Gasteiger partial charge in [0.25, 0.3) is 5.22 Å². The number of hydrogen-bond donors (Lipinski definition) is 0. The second-order valence-corrected chi connectivity index (χ2v) is 6.74. The SMILES string of the molecule is CC(C)c1ccc(-c2nnc(SCc3nnc(N(C)C)o3)o2)cc1. The largest absolute Gasteiger partial charge is 0.411 e. The molecule has 1 aromatic carbocycles. The monoisotopic (exact) mass is 345 g/mol. The van der Waals surface area contributed by atoms with Crippen LogP contribution in [0.3, 0.4) is 0 Å². The van der Waals surface area contributed by atoms with Gasteiger partial charge < -0.3 is 13.7 Å². The van der Waals surface area contributed by atoms with Crippen molar-refractivity contribution in [3.63, 3.8) is 0 Å². The molecule has 0 fully saturated rings. The molecule has 3 rings (SSSR count). The lowest BCUT2D eigenvalue weighted by Crippen LogP contribution is -2.08. The maximum absolute atomic E-state index is 5.69. The average molecular weight is 345 g/mol. The Hall–Kier alpha value is -2.35. The highest BCUT2D eigenvalue weighted by molar-refractivity contribution is 7.98. The minimum atomic E-state index is 0.474. The zero-order chi connectivity index (χ0) is 17.1. The van der Waals surface area contributed by atoms with Gasteiger partial charge in [0.05, 0.1) is 5.75 Å². The van der Waals surface area contributed by atoms with Gasteiger partial charge in [-0.05, 0) is 23.6 Å². The quantitative estimate of drug-likeness (QED) is 0.627. The molecule has 0 atom stereocenters. The van der Waals surface area contributed by atoms with Gasteiger partial charge in [-0.1, -0.05) is 42.8 Å². The molecule has 2 heterocycles. The van der Waals surface area contributed by atoms with Crippen molar-refractivity contribution in [2.24, 2.45) is 0 Å². The number of nitrogens with zero attached hydrogens (tertiary/aromatic N) is 5. The van der Waals surface area contributed by atoms with Crippen LogP contribution in [0.4, 0.5) is 6.01 Å². The Morgan fingerprint density at radius 1 is 1.00 bits per heavy atom. The van der Waals surface area contributed by atoms with Crippen molar-refractivity contribution in [3.05, 3.63) is 35.7 Å². The van der Waals surface area contributed by atoms with E-state index >= 15 is 0 Å². The summed E-state index contributed by atoms with van der Waals surface area (Å²) in [5.74, 6) is 2.00. The van der Waals surface area contributed by atoms with Crippen LogP contribution < -0.4 is 4.90 Å². The molecule has 0 radical (unpaired) electrons. The summed E-state index contributed by atoms with van der Waals surface area (Å²) >= 11 is 1.37. The highest BCUT2D eigenvalue weighted by Crippen LogP contribution is 2.27. The first kappa shape index (κ1) is 16.5. The standard InChI is InChI=1S/C16H19N5O2S/c1-10(2)11-5-7-12(8-6-11)14-18-20-16(23-14)24-9-13-17-19-15(22-13)21(3)4/h5-8,10H,9H2,1-4H3. The van der Waals surface area contributed by atoms with Gasteiger partial charge >= 0.3 is 6.01 Å². The third kappa shape index (κ3) is 3.76. The van der Waals surface area contributed by atoms with Gasteiger partial charge in [-0.2, -0.15) is 0 Å². The minimum absolute atomic E-state index is 0.474. The molecular weight excluding hydrogens is 326 g/mol. The van der Waals surface area contributed by atoms with Crippen molar-refractivity contribution in [2.45, 2.75) is 30.7 Å². The first-order valence-corrected chi connectivity index (χ1v) is 8.58. The third-order valence-corrected chi connectivity index (χ3v) is 4.19. The fourth-order valence-corrected chi connectivity index (χ4v) is 2.60. The summed E-state index contributed by atoms with van der Waals surface area (Å²) in [5.41, 5.74) is 2.19. The van der Waals surface area contributed by atoms with Gasteiger partial charge in [0.1, 0.15) is 0 Å². The Balaban J connectivity index is 1.64. The van der Waals surface area contributed by atoms with Crippen LogP contribution in [0.15, 0.2) is 38.3 Å². The van der Waals surface area contributed by atoms with Crippen LogP contribution in [0.2, 0.25) is 0 Å². The molecule has 0 saturated carbocycles. The van der Waals surface area contributed by atoms with Gasteiger partial charge in [-0.3, -0.25) is 0 Å². The summed E-state index contributed by atoms with van der Waals surface area (Å²) < 4.78 is 11.2. The molecule has 0 spiro atoms. The molecule has 0 aliphatic heterocycles. The van der Waals surface area contributed by atoms with E-state index < -0.39 is 0 Å². The molecule has 0 N–H and O–H groups in total. The molecule has 0 saturated heterocycles. The van der Waals surface area contributed by atoms with Crippen LogP contribution in [0.5, 0.6) is 0 Å². The van der Waals surface area contributed by atoms with E-state index in [0.29, 0.717) is 34.7 Å². The van der Waals surface area contributed by atoms with Crippen LogP contribution in [0.25, 0.3) is 11.5 Å². The third-order valence-electron chi connectivity index (χ3n) is 3.39. The maximum atomic E-state index is 5.69. The Morgan fingerprint density at radius 2 is 1.75 bits per heavy atom. The fraction of sp³-hybridized carbons (Fsp3) is 0.375. The van der Waals surface area contributed by atoms with E-state index in [1.54, 1.807) is 4.90 Å². The lowest BCUT2D eigenvalue weighted by atomic mass is 10.0. The highest BCUT2D eigenvalue weighted by atomic mass is 32.2. The minimum Gasteiger partial charge on any atom is -0.411 e. The molecule has 24 heavy (non-hydrogen) atoms. The smallest absolute Gasteiger partial charge is 0.317 e. The Bertz CT molecular complexity index is 795. The lowest BCUT2D eigenvalue weighted by Gasteiger charge is -2.04. The number of hydrogen-bond acceptors (Lipinski definition) is 8. The molecule has 3 aromatic rings. The summed E-state index contributed by atoms with van der Waals surface area (Å²) in [5, 5.41) is 16.5. The normalized spacial score (nSPS) is 11.2. The second kappa shape index (κ2) is 7.04. The molecule has 2 aromatic heterocycles. The van der Waals surface area contributed by atoms with Crippen LogP contribution in [0.1, 0.15) is 31.2 Å². The molecule has 126 valence electrons. The average Bonchev–Trinajstić information content (AvgIpc) is 3.22. The maximum Gasteiger partial charge on any atom is 0.317 e. The first-order valence-electron chi connectivity index (χ1n) is 7.59. The van der Waals surface area contributed by atoms with E-state index in [-0.39, 0.29) is 0 Å². The molecule has 0 amide bonds. The first-order chi connectivity index (χ1) is 11.5. The van der Waals surface area contributed by atoms with E-state index in [1.807, 2.05) is 26.2 Å². The number of benzene rings is 1.